The van der Waals surface area contributed by atoms with Crippen LogP contribution in [-0.2, 0) is 14.2 Å². The van der Waals surface area contributed by atoms with Gasteiger partial charge in [0.25, 0.3) is 0 Å². The number of hydrogen-bond donors (Lipinski definition) is 0. The van der Waals surface area contributed by atoms with Gasteiger partial charge in [-0.15, -0.1) is 0 Å². The minimum atomic E-state index is -0.235. The molecule has 0 unspecified atom stereocenters. The zero-order valence-electron chi connectivity index (χ0n) is 13.9. The summed E-state index contributed by atoms with van der Waals surface area (Å²) in [6.45, 7) is 2.51. The van der Waals surface area contributed by atoms with Gasteiger partial charge in [0.1, 0.15) is 0 Å². The molecule has 1 aromatic rings. The second kappa shape index (κ2) is 8.48. The fourth-order valence-electron chi connectivity index (χ4n) is 3.84. The van der Waals surface area contributed by atoms with Gasteiger partial charge < -0.3 is 14.2 Å². The summed E-state index contributed by atoms with van der Waals surface area (Å²) in [5.41, 5.74) is 1.05. The fraction of sp³-hybridized carbons (Fsp3) is 0.684. The maximum Gasteiger partial charge on any atom is 0.183 e. The maximum absolute atomic E-state index is 5.98. The summed E-state index contributed by atoms with van der Waals surface area (Å²) >= 11 is 5.93. The Morgan fingerprint density at radius 3 is 2.26 bits per heavy atom. The van der Waals surface area contributed by atoms with Gasteiger partial charge in [-0.25, -0.2) is 0 Å². The van der Waals surface area contributed by atoms with Gasteiger partial charge >= 0.3 is 0 Å². The highest BCUT2D eigenvalue weighted by Crippen LogP contribution is 2.38. The summed E-state index contributed by atoms with van der Waals surface area (Å²) in [4.78, 5) is 0. The Bertz CT molecular complexity index is 460. The van der Waals surface area contributed by atoms with Gasteiger partial charge in [-0.2, -0.15) is 0 Å². The van der Waals surface area contributed by atoms with Crippen LogP contribution < -0.4 is 0 Å². The molecule has 3 nitrogen and oxygen atoms in total. The minimum Gasteiger partial charge on any atom is -0.385 e. The molecular weight excluding hydrogens is 312 g/mol. The molecule has 0 atom stereocenters. The maximum atomic E-state index is 5.98. The molecule has 1 saturated heterocycles. The Morgan fingerprint density at radius 2 is 1.65 bits per heavy atom. The van der Waals surface area contributed by atoms with E-state index in [2.05, 4.69) is 0 Å². The summed E-state index contributed by atoms with van der Waals surface area (Å²) in [5.74, 6) is 2.14. The highest BCUT2D eigenvalue weighted by molar-refractivity contribution is 6.30. The van der Waals surface area contributed by atoms with Gasteiger partial charge in [0, 0.05) is 30.2 Å². The Kier molecular flexibility index (Phi) is 6.35. The quantitative estimate of drug-likeness (QED) is 0.768. The lowest BCUT2D eigenvalue weighted by Gasteiger charge is -2.37. The van der Waals surface area contributed by atoms with Crippen molar-refractivity contribution in [1.82, 2.24) is 0 Å². The van der Waals surface area contributed by atoms with Crippen LogP contribution in [0.2, 0.25) is 5.02 Å². The van der Waals surface area contributed by atoms with E-state index in [9.17, 15) is 0 Å². The first-order valence-electron chi connectivity index (χ1n) is 8.74. The molecule has 0 radical (unpaired) electrons. The average Bonchev–Trinajstić information content (AvgIpc) is 2.61. The second-order valence-corrected chi connectivity index (χ2v) is 7.31. The van der Waals surface area contributed by atoms with Crippen LogP contribution in [0.3, 0.4) is 0 Å². The van der Waals surface area contributed by atoms with E-state index in [0.717, 1.165) is 42.2 Å². The molecule has 4 heteroatoms. The van der Waals surface area contributed by atoms with Crippen molar-refractivity contribution in [2.24, 2.45) is 17.8 Å². The monoisotopic (exact) mass is 338 g/mol. The van der Waals surface area contributed by atoms with Crippen LogP contribution in [0.15, 0.2) is 24.3 Å². The van der Waals surface area contributed by atoms with Crippen LogP contribution in [0.25, 0.3) is 0 Å². The SMILES string of the molecule is COCCC1CCC(C2COC(c3ccc(Cl)cc3)OC2)CC1. The molecule has 3 rings (SSSR count). The van der Waals surface area contributed by atoms with E-state index in [-0.39, 0.29) is 6.29 Å². The molecule has 23 heavy (non-hydrogen) atoms. The largest absolute Gasteiger partial charge is 0.385 e. The number of methoxy groups -OCH3 is 1. The molecule has 0 N–H and O–H groups in total. The molecule has 0 spiro atoms. The Hall–Kier alpha value is -0.610. The van der Waals surface area contributed by atoms with E-state index in [1.807, 2.05) is 24.3 Å². The van der Waals surface area contributed by atoms with Gasteiger partial charge in [-0.3, -0.25) is 0 Å². The standard InChI is InChI=1S/C19H27ClO3/c1-21-11-10-14-2-4-15(5-3-14)17-12-22-19(23-13-17)16-6-8-18(20)9-7-16/h6-9,14-15,17,19H,2-5,10-13H2,1H3. The molecular formula is C19H27ClO3. The van der Waals surface area contributed by atoms with Crippen molar-refractivity contribution in [3.63, 3.8) is 0 Å². The predicted molar refractivity (Wildman–Crippen MR) is 91.5 cm³/mol. The molecule has 1 saturated carbocycles. The Labute approximate surface area is 144 Å². The lowest BCUT2D eigenvalue weighted by Crippen LogP contribution is -2.34. The third kappa shape index (κ3) is 4.69. The first-order valence-corrected chi connectivity index (χ1v) is 9.11. The van der Waals surface area contributed by atoms with Crippen LogP contribution in [-0.4, -0.2) is 26.9 Å². The first kappa shape index (κ1) is 17.2. The van der Waals surface area contributed by atoms with Crippen LogP contribution in [0.4, 0.5) is 0 Å². The zero-order chi connectivity index (χ0) is 16.1. The molecule has 1 heterocycles. The average molecular weight is 339 g/mol. The lowest BCUT2D eigenvalue weighted by atomic mass is 9.75. The fourth-order valence-corrected chi connectivity index (χ4v) is 3.96. The zero-order valence-corrected chi connectivity index (χ0v) is 14.6. The lowest BCUT2D eigenvalue weighted by molar-refractivity contribution is -0.214. The Balaban J connectivity index is 1.43. The first-order chi connectivity index (χ1) is 11.3. The highest BCUT2D eigenvalue weighted by Gasteiger charge is 2.32. The van der Waals surface area contributed by atoms with Gasteiger partial charge in [0.05, 0.1) is 13.2 Å². The summed E-state index contributed by atoms with van der Waals surface area (Å²) in [6.07, 6.45) is 6.23. The van der Waals surface area contributed by atoms with Gasteiger partial charge in [-0.1, -0.05) is 36.6 Å². The third-order valence-electron chi connectivity index (χ3n) is 5.35. The van der Waals surface area contributed by atoms with Crippen molar-refractivity contribution >= 4 is 11.6 Å². The number of rotatable bonds is 5. The second-order valence-electron chi connectivity index (χ2n) is 6.87. The van der Waals surface area contributed by atoms with E-state index in [1.54, 1.807) is 7.11 Å². The smallest absolute Gasteiger partial charge is 0.183 e. The van der Waals surface area contributed by atoms with Crippen molar-refractivity contribution in [3.05, 3.63) is 34.9 Å². The van der Waals surface area contributed by atoms with E-state index in [4.69, 9.17) is 25.8 Å². The summed E-state index contributed by atoms with van der Waals surface area (Å²) in [7, 11) is 1.79. The highest BCUT2D eigenvalue weighted by atomic mass is 35.5. The number of halogens is 1. The van der Waals surface area contributed by atoms with Crippen molar-refractivity contribution < 1.29 is 14.2 Å². The summed E-state index contributed by atoms with van der Waals surface area (Å²) < 4.78 is 17.2. The van der Waals surface area contributed by atoms with Crippen LogP contribution in [0.5, 0.6) is 0 Å². The predicted octanol–water partition coefficient (Wildman–Crippen LogP) is 4.84. The summed E-state index contributed by atoms with van der Waals surface area (Å²) in [5, 5.41) is 0.743. The topological polar surface area (TPSA) is 27.7 Å². The van der Waals surface area contributed by atoms with Crippen LogP contribution >= 0.6 is 11.6 Å². The van der Waals surface area contributed by atoms with E-state index >= 15 is 0 Å². The van der Waals surface area contributed by atoms with Gasteiger partial charge in [-0.05, 0) is 43.2 Å². The molecule has 0 bridgehead atoms. The number of hydrogen-bond acceptors (Lipinski definition) is 3. The molecule has 2 aliphatic rings. The number of ether oxygens (including phenoxy) is 3. The van der Waals surface area contributed by atoms with E-state index < -0.39 is 0 Å². The number of benzene rings is 1. The minimum absolute atomic E-state index is 0.235. The van der Waals surface area contributed by atoms with Gasteiger partial charge in [0.2, 0.25) is 0 Å². The normalized spacial score (nSPS) is 31.9. The molecule has 1 aliphatic heterocycles. The molecule has 0 amide bonds. The van der Waals surface area contributed by atoms with E-state index in [0.29, 0.717) is 5.92 Å². The Morgan fingerprint density at radius 1 is 1.00 bits per heavy atom. The third-order valence-corrected chi connectivity index (χ3v) is 5.61. The molecule has 0 aromatic heterocycles. The van der Waals surface area contributed by atoms with Crippen molar-refractivity contribution in [3.8, 4) is 0 Å². The molecule has 1 aromatic carbocycles. The van der Waals surface area contributed by atoms with Crippen molar-refractivity contribution in [2.75, 3.05) is 26.9 Å². The molecule has 1 aliphatic carbocycles. The summed E-state index contributed by atoms with van der Waals surface area (Å²) in [6, 6.07) is 7.73. The van der Waals surface area contributed by atoms with E-state index in [1.165, 1.54) is 32.1 Å². The van der Waals surface area contributed by atoms with Crippen LogP contribution in [0, 0.1) is 17.8 Å². The van der Waals surface area contributed by atoms with Crippen molar-refractivity contribution in [2.45, 2.75) is 38.4 Å². The molecule has 128 valence electrons. The van der Waals surface area contributed by atoms with Crippen molar-refractivity contribution in [1.29, 1.82) is 0 Å². The van der Waals surface area contributed by atoms with Gasteiger partial charge in [0.15, 0.2) is 6.29 Å². The molecule has 2 fully saturated rings. The van der Waals surface area contributed by atoms with Crippen LogP contribution in [0.1, 0.15) is 44.0 Å².